The Morgan fingerprint density at radius 3 is 2.62 bits per heavy atom. The average molecular weight is 348 g/mol. The molecule has 0 unspecified atom stereocenters. The van der Waals surface area contributed by atoms with E-state index in [1.807, 2.05) is 0 Å². The highest BCUT2D eigenvalue weighted by Gasteiger charge is 2.36. The lowest BCUT2D eigenvalue weighted by molar-refractivity contribution is -0.116. The number of aryl methyl sites for hydroxylation is 1. The van der Waals surface area contributed by atoms with Gasteiger partial charge in [-0.1, -0.05) is 18.2 Å². The van der Waals surface area contributed by atoms with Crippen LogP contribution in [-0.2, 0) is 14.8 Å². The maximum absolute atomic E-state index is 14.3. The van der Waals surface area contributed by atoms with Gasteiger partial charge in [-0.05, 0) is 43.7 Å². The summed E-state index contributed by atoms with van der Waals surface area (Å²) in [5.41, 5.74) is 1.35. The highest BCUT2D eigenvalue weighted by atomic mass is 32.2. The highest BCUT2D eigenvalue weighted by Crippen LogP contribution is 2.36. The smallest absolute Gasteiger partial charge is 0.267 e. The van der Waals surface area contributed by atoms with E-state index in [4.69, 9.17) is 0 Å². The number of para-hydroxylation sites is 2. The van der Waals surface area contributed by atoms with E-state index < -0.39 is 26.8 Å². The zero-order valence-corrected chi connectivity index (χ0v) is 14.1. The first-order chi connectivity index (χ1) is 11.3. The number of nitrogens with one attached hydrogen (secondary N) is 1. The van der Waals surface area contributed by atoms with Gasteiger partial charge in [-0.2, -0.15) is 0 Å². The zero-order valence-electron chi connectivity index (χ0n) is 13.3. The number of benzene rings is 2. The molecule has 1 aliphatic heterocycles. The Bertz CT molecular complexity index is 912. The summed E-state index contributed by atoms with van der Waals surface area (Å²) in [6.45, 7) is 3.32. The van der Waals surface area contributed by atoms with E-state index in [-0.39, 0.29) is 12.3 Å². The number of halogens is 1. The van der Waals surface area contributed by atoms with Gasteiger partial charge >= 0.3 is 0 Å². The maximum atomic E-state index is 14.3. The second kappa shape index (κ2) is 5.90. The van der Waals surface area contributed by atoms with Gasteiger partial charge in [0, 0.05) is 6.42 Å². The Hall–Kier alpha value is -2.41. The molecule has 1 aliphatic rings. The second-order valence-electron chi connectivity index (χ2n) is 5.85. The molecule has 7 heteroatoms. The van der Waals surface area contributed by atoms with Crippen LogP contribution >= 0.6 is 0 Å². The van der Waals surface area contributed by atoms with E-state index in [9.17, 15) is 17.6 Å². The van der Waals surface area contributed by atoms with E-state index in [0.717, 1.165) is 4.31 Å². The molecule has 24 heavy (non-hydrogen) atoms. The molecule has 1 atom stereocenters. The molecule has 0 aromatic heterocycles. The third-order valence-corrected chi connectivity index (χ3v) is 5.88. The number of carbonyl (C=O) groups is 1. The Kier molecular flexibility index (Phi) is 4.04. The fourth-order valence-electron chi connectivity index (χ4n) is 2.85. The summed E-state index contributed by atoms with van der Waals surface area (Å²) in [5, 5.41) is 2.69. The van der Waals surface area contributed by atoms with E-state index in [0.29, 0.717) is 16.9 Å². The molecule has 1 amide bonds. The van der Waals surface area contributed by atoms with Gasteiger partial charge in [0.1, 0.15) is 10.7 Å². The van der Waals surface area contributed by atoms with Crippen LogP contribution in [0.2, 0.25) is 0 Å². The van der Waals surface area contributed by atoms with E-state index in [1.165, 1.54) is 12.1 Å². The number of rotatable bonds is 2. The van der Waals surface area contributed by atoms with Crippen LogP contribution in [0.4, 0.5) is 15.8 Å². The summed E-state index contributed by atoms with van der Waals surface area (Å²) in [6, 6.07) is 9.96. The summed E-state index contributed by atoms with van der Waals surface area (Å²) >= 11 is 0. The standard InChI is InChI=1S/C17H17FN2O3S/c1-11-7-8-16(13(18)9-11)24(22,23)20-12(2)10-17(21)19-14-5-3-4-6-15(14)20/h3-9,12H,10H2,1-2H3,(H,19,21)/t12-/m1/s1. The van der Waals surface area contributed by atoms with Crippen molar-refractivity contribution in [2.45, 2.75) is 31.2 Å². The van der Waals surface area contributed by atoms with Gasteiger partial charge in [-0.15, -0.1) is 0 Å². The minimum Gasteiger partial charge on any atom is -0.324 e. The summed E-state index contributed by atoms with van der Waals surface area (Å²) in [6.07, 6.45) is -0.0125. The lowest BCUT2D eigenvalue weighted by Crippen LogP contribution is -2.39. The first-order valence-corrected chi connectivity index (χ1v) is 8.94. The number of fused-ring (bicyclic) bond motifs is 1. The monoisotopic (exact) mass is 348 g/mol. The predicted octanol–water partition coefficient (Wildman–Crippen LogP) is 3.06. The molecule has 126 valence electrons. The van der Waals surface area contributed by atoms with Crippen molar-refractivity contribution >= 4 is 27.3 Å². The first-order valence-electron chi connectivity index (χ1n) is 7.50. The molecule has 3 rings (SSSR count). The van der Waals surface area contributed by atoms with Crippen molar-refractivity contribution in [2.24, 2.45) is 0 Å². The number of nitrogens with zero attached hydrogens (tertiary/aromatic N) is 1. The molecule has 0 spiro atoms. The van der Waals surface area contributed by atoms with Crippen LogP contribution in [0.15, 0.2) is 47.4 Å². The van der Waals surface area contributed by atoms with Crippen molar-refractivity contribution in [1.29, 1.82) is 0 Å². The normalized spacial score (nSPS) is 17.9. The number of amides is 1. The SMILES string of the molecule is Cc1ccc(S(=O)(=O)N2c3ccccc3NC(=O)C[C@H]2C)c(F)c1. The lowest BCUT2D eigenvalue weighted by atomic mass is 10.2. The molecule has 1 N–H and O–H groups in total. The molecule has 1 heterocycles. The first kappa shape index (κ1) is 16.4. The van der Waals surface area contributed by atoms with Crippen LogP contribution in [0.1, 0.15) is 18.9 Å². The van der Waals surface area contributed by atoms with Gasteiger partial charge < -0.3 is 5.32 Å². The molecular weight excluding hydrogens is 331 g/mol. The largest absolute Gasteiger partial charge is 0.324 e. The number of hydrogen-bond acceptors (Lipinski definition) is 3. The molecule has 5 nitrogen and oxygen atoms in total. The second-order valence-corrected chi connectivity index (χ2v) is 7.64. The summed E-state index contributed by atoms with van der Waals surface area (Å²) < 4.78 is 41.6. The van der Waals surface area contributed by atoms with Gasteiger partial charge in [0.25, 0.3) is 10.0 Å². The zero-order chi connectivity index (χ0) is 17.5. The predicted molar refractivity (Wildman–Crippen MR) is 90.0 cm³/mol. The molecule has 0 radical (unpaired) electrons. The van der Waals surface area contributed by atoms with Crippen LogP contribution in [0.5, 0.6) is 0 Å². The fourth-order valence-corrected chi connectivity index (χ4v) is 4.57. The topological polar surface area (TPSA) is 66.5 Å². The maximum Gasteiger partial charge on any atom is 0.267 e. The Morgan fingerprint density at radius 1 is 1.21 bits per heavy atom. The quantitative estimate of drug-likeness (QED) is 0.907. The minimum absolute atomic E-state index is 0.0125. The lowest BCUT2D eigenvalue weighted by Gasteiger charge is -2.29. The Balaban J connectivity index is 2.20. The molecule has 2 aromatic carbocycles. The van der Waals surface area contributed by atoms with E-state index in [1.54, 1.807) is 44.2 Å². The molecule has 2 aromatic rings. The highest BCUT2D eigenvalue weighted by molar-refractivity contribution is 7.92. The number of hydrogen-bond donors (Lipinski definition) is 1. The van der Waals surface area contributed by atoms with Crippen LogP contribution in [-0.4, -0.2) is 20.4 Å². The van der Waals surface area contributed by atoms with Crippen molar-refractivity contribution in [2.75, 3.05) is 9.62 Å². The molecule has 0 saturated carbocycles. The van der Waals surface area contributed by atoms with Crippen LogP contribution < -0.4 is 9.62 Å². The van der Waals surface area contributed by atoms with Gasteiger partial charge in [0.15, 0.2) is 0 Å². The van der Waals surface area contributed by atoms with Gasteiger partial charge in [0.2, 0.25) is 5.91 Å². The molecule has 0 bridgehead atoms. The van der Waals surface area contributed by atoms with Crippen LogP contribution in [0.25, 0.3) is 0 Å². The van der Waals surface area contributed by atoms with Crippen LogP contribution in [0, 0.1) is 12.7 Å². The van der Waals surface area contributed by atoms with Crippen molar-refractivity contribution in [3.8, 4) is 0 Å². The number of sulfonamides is 1. The molecule has 0 aliphatic carbocycles. The Morgan fingerprint density at radius 2 is 1.92 bits per heavy atom. The number of anilines is 2. The van der Waals surface area contributed by atoms with Crippen molar-refractivity contribution in [3.63, 3.8) is 0 Å². The summed E-state index contributed by atoms with van der Waals surface area (Å²) in [5.74, 6) is -1.08. The van der Waals surface area contributed by atoms with Gasteiger partial charge in [0.05, 0.1) is 17.4 Å². The average Bonchev–Trinajstić information content (AvgIpc) is 2.61. The third kappa shape index (κ3) is 2.75. The third-order valence-electron chi connectivity index (χ3n) is 3.92. The van der Waals surface area contributed by atoms with E-state index >= 15 is 0 Å². The van der Waals surface area contributed by atoms with Crippen molar-refractivity contribution in [1.82, 2.24) is 0 Å². The van der Waals surface area contributed by atoms with Crippen molar-refractivity contribution in [3.05, 3.63) is 53.8 Å². The molecule has 0 fully saturated rings. The van der Waals surface area contributed by atoms with Crippen LogP contribution in [0.3, 0.4) is 0 Å². The summed E-state index contributed by atoms with van der Waals surface area (Å²) in [7, 11) is -4.15. The fraction of sp³-hybridized carbons (Fsp3) is 0.235. The minimum atomic E-state index is -4.15. The molecular formula is C17H17FN2O3S. The van der Waals surface area contributed by atoms with Gasteiger partial charge in [-0.3, -0.25) is 9.10 Å². The Labute approximate surface area is 140 Å². The molecule has 0 saturated heterocycles. The summed E-state index contributed by atoms with van der Waals surface area (Å²) in [4.78, 5) is 11.6. The van der Waals surface area contributed by atoms with Gasteiger partial charge in [-0.25, -0.2) is 12.8 Å². The van der Waals surface area contributed by atoms with E-state index in [2.05, 4.69) is 5.32 Å². The van der Waals surface area contributed by atoms with Crippen molar-refractivity contribution < 1.29 is 17.6 Å². The number of carbonyl (C=O) groups excluding carboxylic acids is 1.